The molecular formula is C17H23BF3NO2S. The van der Waals surface area contributed by atoms with Crippen LogP contribution in [-0.2, 0) is 9.31 Å². The molecule has 1 N–H and O–H groups in total. The summed E-state index contributed by atoms with van der Waals surface area (Å²) >= 11 is -0.120. The van der Waals surface area contributed by atoms with E-state index in [-0.39, 0.29) is 16.7 Å². The Morgan fingerprint density at radius 3 is 2.32 bits per heavy atom. The molecule has 1 aromatic rings. The monoisotopic (exact) mass is 373 g/mol. The number of hydrogen-bond donors (Lipinski definition) is 1. The number of alkyl halides is 3. The normalized spacial score (nSPS) is 20.2. The summed E-state index contributed by atoms with van der Waals surface area (Å²) in [5, 5.41) is 3.06. The Morgan fingerprint density at radius 1 is 1.20 bits per heavy atom. The minimum absolute atomic E-state index is 0.120. The van der Waals surface area contributed by atoms with Crippen LogP contribution in [0.4, 0.5) is 13.2 Å². The minimum atomic E-state index is -4.30. The summed E-state index contributed by atoms with van der Waals surface area (Å²) in [4.78, 5) is 0.152. The molecule has 0 bridgehead atoms. The molecule has 138 valence electrons. The van der Waals surface area contributed by atoms with Gasteiger partial charge >= 0.3 is 12.6 Å². The summed E-state index contributed by atoms with van der Waals surface area (Å²) in [5.74, 6) is 0. The number of hydrogen-bond acceptors (Lipinski definition) is 4. The van der Waals surface area contributed by atoms with E-state index < -0.39 is 23.8 Å². The standard InChI is InChI=1S/C17H23BF3NO2S/c1-15(2)16(3,4)24-18(23-15)13(11-22-5)9-12-7-6-8-14(10-12)25-17(19,20)21/h6-10,22H,11H2,1-5H3. The Labute approximate surface area is 151 Å². The topological polar surface area (TPSA) is 30.5 Å². The fraction of sp³-hybridized carbons (Fsp3) is 0.529. The molecule has 0 spiro atoms. The Kier molecular flexibility index (Phi) is 5.98. The summed E-state index contributed by atoms with van der Waals surface area (Å²) in [6.07, 6.45) is 1.82. The SMILES string of the molecule is CNCC(=Cc1cccc(SC(F)(F)F)c1)B1OC(C)(C)C(C)(C)O1. The van der Waals surface area contributed by atoms with Crippen molar-refractivity contribution < 1.29 is 22.5 Å². The van der Waals surface area contributed by atoms with Gasteiger partial charge in [-0.15, -0.1) is 0 Å². The molecule has 0 saturated carbocycles. The van der Waals surface area contributed by atoms with Crippen LogP contribution in [0.3, 0.4) is 0 Å². The highest BCUT2D eigenvalue weighted by Gasteiger charge is 2.52. The number of thioether (sulfide) groups is 1. The van der Waals surface area contributed by atoms with Gasteiger partial charge in [0.15, 0.2) is 0 Å². The number of nitrogens with one attached hydrogen (secondary N) is 1. The van der Waals surface area contributed by atoms with Crippen molar-refractivity contribution in [2.75, 3.05) is 13.6 Å². The molecule has 8 heteroatoms. The second kappa shape index (κ2) is 7.35. The molecule has 1 fully saturated rings. The summed E-state index contributed by atoms with van der Waals surface area (Å²) in [7, 11) is 1.26. The van der Waals surface area contributed by atoms with Crippen LogP contribution in [0.2, 0.25) is 0 Å². The Bertz CT molecular complexity index is 631. The first-order valence-corrected chi connectivity index (χ1v) is 8.82. The van der Waals surface area contributed by atoms with Crippen molar-refractivity contribution >= 4 is 25.0 Å². The fourth-order valence-corrected chi connectivity index (χ4v) is 3.03. The second-order valence-electron chi connectivity index (χ2n) is 6.96. The predicted molar refractivity (Wildman–Crippen MR) is 96.3 cm³/mol. The van der Waals surface area contributed by atoms with Gasteiger partial charge in [0.25, 0.3) is 0 Å². The van der Waals surface area contributed by atoms with Crippen molar-refractivity contribution in [3.05, 3.63) is 35.3 Å². The largest absolute Gasteiger partial charge is 0.491 e. The molecule has 0 radical (unpaired) electrons. The molecule has 0 atom stereocenters. The predicted octanol–water partition coefficient (Wildman–Crippen LogP) is 4.53. The van der Waals surface area contributed by atoms with E-state index in [2.05, 4.69) is 5.32 Å². The maximum Gasteiger partial charge on any atom is 0.491 e. The third kappa shape index (κ3) is 5.26. The van der Waals surface area contributed by atoms with Gasteiger partial charge in [0, 0.05) is 11.4 Å². The zero-order valence-corrected chi connectivity index (χ0v) is 15.8. The Hall–Kier alpha value is -0.955. The van der Waals surface area contributed by atoms with Gasteiger partial charge in [-0.1, -0.05) is 18.2 Å². The highest BCUT2D eigenvalue weighted by molar-refractivity contribution is 8.00. The van der Waals surface area contributed by atoms with Crippen LogP contribution in [0.1, 0.15) is 33.3 Å². The van der Waals surface area contributed by atoms with Crippen molar-refractivity contribution in [2.45, 2.75) is 49.3 Å². The summed E-state index contributed by atoms with van der Waals surface area (Å²) < 4.78 is 49.8. The molecule has 1 saturated heterocycles. The molecule has 0 unspecified atom stereocenters. The van der Waals surface area contributed by atoms with Crippen LogP contribution in [0.25, 0.3) is 6.08 Å². The van der Waals surface area contributed by atoms with Gasteiger partial charge in [-0.05, 0) is 69.7 Å². The van der Waals surface area contributed by atoms with Crippen molar-refractivity contribution in [1.82, 2.24) is 5.32 Å². The highest BCUT2D eigenvalue weighted by Crippen LogP contribution is 2.39. The van der Waals surface area contributed by atoms with Crippen LogP contribution < -0.4 is 5.32 Å². The molecular weight excluding hydrogens is 350 g/mol. The van der Waals surface area contributed by atoms with Gasteiger partial charge in [-0.25, -0.2) is 0 Å². The average Bonchev–Trinajstić information content (AvgIpc) is 2.65. The third-order valence-corrected chi connectivity index (χ3v) is 5.10. The van der Waals surface area contributed by atoms with Crippen LogP contribution in [-0.4, -0.2) is 37.4 Å². The number of benzene rings is 1. The highest BCUT2D eigenvalue weighted by atomic mass is 32.2. The zero-order valence-electron chi connectivity index (χ0n) is 15.0. The van der Waals surface area contributed by atoms with E-state index in [1.165, 1.54) is 12.1 Å². The maximum absolute atomic E-state index is 12.6. The average molecular weight is 373 g/mol. The van der Waals surface area contributed by atoms with Crippen molar-refractivity contribution in [3.63, 3.8) is 0 Å². The lowest BCUT2D eigenvalue weighted by Gasteiger charge is -2.32. The number of halogens is 3. The molecule has 0 amide bonds. The van der Waals surface area contributed by atoms with E-state index in [9.17, 15) is 13.2 Å². The Morgan fingerprint density at radius 2 is 1.80 bits per heavy atom. The van der Waals surface area contributed by atoms with Crippen molar-refractivity contribution in [3.8, 4) is 0 Å². The van der Waals surface area contributed by atoms with Gasteiger partial charge in [0.1, 0.15) is 0 Å². The summed E-state index contributed by atoms with van der Waals surface area (Å²) in [6, 6.07) is 6.34. The Balaban J connectivity index is 2.27. The molecule has 1 aromatic carbocycles. The van der Waals surface area contributed by atoms with E-state index >= 15 is 0 Å². The molecule has 3 nitrogen and oxygen atoms in total. The molecule has 1 aliphatic heterocycles. The van der Waals surface area contributed by atoms with Gasteiger partial charge in [-0.3, -0.25) is 0 Å². The minimum Gasteiger partial charge on any atom is -0.400 e. The lowest BCUT2D eigenvalue weighted by molar-refractivity contribution is -0.0328. The fourth-order valence-electron chi connectivity index (χ4n) is 2.42. The van der Waals surface area contributed by atoms with Crippen molar-refractivity contribution in [1.29, 1.82) is 0 Å². The number of likely N-dealkylation sites (N-methyl/N-ethyl adjacent to an activating group) is 1. The lowest BCUT2D eigenvalue weighted by Crippen LogP contribution is -2.41. The van der Waals surface area contributed by atoms with Crippen LogP contribution in [0, 0.1) is 0 Å². The lowest BCUT2D eigenvalue weighted by atomic mass is 9.77. The van der Waals surface area contributed by atoms with Crippen molar-refractivity contribution in [2.24, 2.45) is 0 Å². The molecule has 25 heavy (non-hydrogen) atoms. The number of rotatable bonds is 5. The van der Waals surface area contributed by atoms with Crippen LogP contribution >= 0.6 is 11.8 Å². The van der Waals surface area contributed by atoms with E-state index in [0.29, 0.717) is 12.1 Å². The first-order valence-electron chi connectivity index (χ1n) is 8.00. The smallest absolute Gasteiger partial charge is 0.400 e. The van der Waals surface area contributed by atoms with Gasteiger partial charge in [0.05, 0.1) is 11.2 Å². The van der Waals surface area contributed by atoms with Gasteiger partial charge < -0.3 is 14.6 Å². The van der Waals surface area contributed by atoms with Gasteiger partial charge in [-0.2, -0.15) is 13.2 Å². The maximum atomic E-state index is 12.6. The molecule has 1 heterocycles. The zero-order chi connectivity index (χ0) is 18.9. The summed E-state index contributed by atoms with van der Waals surface area (Å²) in [6.45, 7) is 8.36. The molecule has 0 aromatic heterocycles. The third-order valence-electron chi connectivity index (χ3n) is 4.38. The van der Waals surface area contributed by atoms with E-state index in [1.807, 2.05) is 33.8 Å². The second-order valence-corrected chi connectivity index (χ2v) is 8.10. The van der Waals surface area contributed by atoms with E-state index in [4.69, 9.17) is 9.31 Å². The van der Waals surface area contributed by atoms with E-state index in [1.54, 1.807) is 19.2 Å². The first kappa shape index (κ1) is 20.4. The van der Waals surface area contributed by atoms with Crippen LogP contribution in [0.5, 0.6) is 0 Å². The molecule has 2 rings (SSSR count). The molecule has 1 aliphatic rings. The van der Waals surface area contributed by atoms with Crippen LogP contribution in [0.15, 0.2) is 34.6 Å². The summed E-state index contributed by atoms with van der Waals surface area (Å²) in [5.41, 5.74) is -3.75. The van der Waals surface area contributed by atoms with Gasteiger partial charge in [0.2, 0.25) is 0 Å². The molecule has 0 aliphatic carbocycles. The first-order chi connectivity index (χ1) is 11.4. The van der Waals surface area contributed by atoms with E-state index in [0.717, 1.165) is 5.47 Å². The quantitative estimate of drug-likeness (QED) is 0.607.